The van der Waals surface area contributed by atoms with E-state index in [1.165, 1.54) is 18.2 Å². The highest BCUT2D eigenvalue weighted by atomic mass is 19.1. The van der Waals surface area contributed by atoms with Crippen LogP contribution in [-0.2, 0) is 24.3 Å². The number of hydrogen-bond acceptors (Lipinski definition) is 1. The molecule has 0 saturated carbocycles. The largest absolute Gasteiger partial charge is 0.337 e. The number of amides is 1. The number of fused-ring (bicyclic) bond motifs is 3. The molecule has 0 aliphatic carbocycles. The Kier molecular flexibility index (Phi) is 5.87. The molecule has 3 nitrogen and oxygen atoms in total. The third kappa shape index (κ3) is 4.65. The maximum Gasteiger partial charge on any atom is 0.222 e. The van der Waals surface area contributed by atoms with Crippen molar-refractivity contribution in [1.29, 1.82) is 0 Å². The smallest absolute Gasteiger partial charge is 0.222 e. The van der Waals surface area contributed by atoms with Crippen LogP contribution < -0.4 is 0 Å². The van der Waals surface area contributed by atoms with E-state index < -0.39 is 0 Å². The molecule has 2 aromatic carbocycles. The van der Waals surface area contributed by atoms with E-state index in [-0.39, 0.29) is 23.0 Å². The Labute approximate surface area is 182 Å². The maximum absolute atomic E-state index is 14.9. The summed E-state index contributed by atoms with van der Waals surface area (Å²) in [4.78, 5) is 14.8. The normalized spacial score (nSPS) is 14.2. The lowest BCUT2D eigenvalue weighted by molar-refractivity contribution is -0.132. The van der Waals surface area contributed by atoms with Crippen LogP contribution in [0.25, 0.3) is 10.9 Å². The van der Waals surface area contributed by atoms with Gasteiger partial charge in [-0.2, -0.15) is 0 Å². The Morgan fingerprint density at radius 2 is 1.87 bits per heavy atom. The van der Waals surface area contributed by atoms with Gasteiger partial charge in [0.15, 0.2) is 0 Å². The van der Waals surface area contributed by atoms with E-state index in [1.807, 2.05) is 21.6 Å². The van der Waals surface area contributed by atoms with Crippen LogP contribution in [0.15, 0.2) is 42.5 Å². The van der Waals surface area contributed by atoms with Crippen LogP contribution in [0, 0.1) is 17.0 Å². The third-order valence-corrected chi connectivity index (χ3v) is 6.13. The molecule has 164 valence electrons. The summed E-state index contributed by atoms with van der Waals surface area (Å²) in [6.07, 6.45) is 3.11. The molecule has 2 heterocycles. The molecule has 0 saturated heterocycles. The second-order valence-corrected chi connectivity index (χ2v) is 9.76. The van der Waals surface area contributed by atoms with Gasteiger partial charge in [-0.3, -0.25) is 4.79 Å². The summed E-state index contributed by atoms with van der Waals surface area (Å²) < 4.78 is 30.6. The van der Waals surface area contributed by atoms with E-state index in [0.717, 1.165) is 35.0 Å². The molecule has 0 unspecified atom stereocenters. The minimum absolute atomic E-state index is 0.151. The van der Waals surface area contributed by atoms with Crippen molar-refractivity contribution in [1.82, 2.24) is 9.47 Å². The number of carbonyl (C=O) groups is 1. The van der Waals surface area contributed by atoms with Gasteiger partial charge in [0, 0.05) is 30.6 Å². The minimum atomic E-state index is -0.307. The third-order valence-electron chi connectivity index (χ3n) is 6.13. The monoisotopic (exact) mass is 424 g/mol. The number of benzene rings is 2. The lowest BCUT2D eigenvalue weighted by Gasteiger charge is -2.29. The van der Waals surface area contributed by atoms with Crippen molar-refractivity contribution in [3.8, 4) is 0 Å². The first kappa shape index (κ1) is 21.5. The van der Waals surface area contributed by atoms with Crippen LogP contribution in [0.1, 0.15) is 56.9 Å². The molecule has 0 atom stereocenters. The van der Waals surface area contributed by atoms with Gasteiger partial charge in [0.1, 0.15) is 11.6 Å². The number of rotatable bonds is 5. The van der Waals surface area contributed by atoms with Gasteiger partial charge < -0.3 is 9.47 Å². The first-order valence-corrected chi connectivity index (χ1v) is 11.0. The topological polar surface area (TPSA) is 25.2 Å². The Balaban J connectivity index is 1.64. The second-order valence-electron chi connectivity index (χ2n) is 9.76. The van der Waals surface area contributed by atoms with Gasteiger partial charge in [-0.25, -0.2) is 8.78 Å². The molecule has 1 aliphatic heterocycles. The lowest BCUT2D eigenvalue weighted by atomic mass is 9.90. The molecule has 0 bridgehead atoms. The van der Waals surface area contributed by atoms with E-state index in [2.05, 4.69) is 20.8 Å². The Bertz CT molecular complexity index is 1110. The van der Waals surface area contributed by atoms with E-state index in [0.29, 0.717) is 38.0 Å². The molecule has 3 aromatic rings. The first-order chi connectivity index (χ1) is 14.7. The standard InChI is InChI=1S/C26H30F2N2O/c1-26(2,3)13-6-11-24(31)29-14-12-20-21-9-5-10-22(28)25(21)30(23(20)17-29)16-18-7-4-8-19(27)15-18/h4-5,7-10,15H,6,11-14,16-17H2,1-3H3. The molecule has 5 heteroatoms. The molecule has 1 aromatic heterocycles. The minimum Gasteiger partial charge on any atom is -0.337 e. The van der Waals surface area contributed by atoms with Crippen LogP contribution in [0.5, 0.6) is 0 Å². The summed E-state index contributed by atoms with van der Waals surface area (Å²) in [5, 5.41) is 0.895. The van der Waals surface area contributed by atoms with Crippen molar-refractivity contribution in [2.24, 2.45) is 5.41 Å². The van der Waals surface area contributed by atoms with Crippen LogP contribution in [0.2, 0.25) is 0 Å². The number of carbonyl (C=O) groups excluding carboxylic acids is 1. The van der Waals surface area contributed by atoms with E-state index in [4.69, 9.17) is 0 Å². The van der Waals surface area contributed by atoms with Gasteiger partial charge in [-0.1, -0.05) is 45.0 Å². The lowest BCUT2D eigenvalue weighted by Crippen LogP contribution is -2.36. The molecular weight excluding hydrogens is 394 g/mol. The fraction of sp³-hybridized carbons (Fsp3) is 0.423. The van der Waals surface area contributed by atoms with Gasteiger partial charge in [0.05, 0.1) is 12.1 Å². The summed E-state index contributed by atoms with van der Waals surface area (Å²) >= 11 is 0. The van der Waals surface area contributed by atoms with Crippen molar-refractivity contribution < 1.29 is 13.6 Å². The summed E-state index contributed by atoms with van der Waals surface area (Å²) in [7, 11) is 0. The van der Waals surface area contributed by atoms with Crippen LogP contribution in [-0.4, -0.2) is 21.9 Å². The van der Waals surface area contributed by atoms with Crippen LogP contribution in [0.3, 0.4) is 0 Å². The van der Waals surface area contributed by atoms with Crippen LogP contribution >= 0.6 is 0 Å². The molecule has 4 rings (SSSR count). The molecular formula is C26H30F2N2O. The van der Waals surface area contributed by atoms with Crippen molar-refractivity contribution in [2.45, 2.75) is 59.5 Å². The second kappa shape index (κ2) is 8.45. The summed E-state index contributed by atoms with van der Waals surface area (Å²) in [5.74, 6) is -0.441. The molecule has 0 spiro atoms. The average molecular weight is 425 g/mol. The highest BCUT2D eigenvalue weighted by molar-refractivity contribution is 5.87. The fourth-order valence-electron chi connectivity index (χ4n) is 4.59. The molecule has 1 amide bonds. The van der Waals surface area contributed by atoms with E-state index in [9.17, 15) is 13.6 Å². The predicted octanol–water partition coefficient (Wildman–Crippen LogP) is 6.07. The first-order valence-electron chi connectivity index (χ1n) is 11.0. The summed E-state index contributed by atoms with van der Waals surface area (Å²) in [6.45, 7) is 8.04. The molecule has 0 N–H and O–H groups in total. The Morgan fingerprint density at radius 3 is 2.61 bits per heavy atom. The van der Waals surface area contributed by atoms with Gasteiger partial charge in [0.2, 0.25) is 5.91 Å². The number of aromatic nitrogens is 1. The molecule has 0 radical (unpaired) electrons. The maximum atomic E-state index is 14.9. The van der Waals surface area contributed by atoms with Gasteiger partial charge >= 0.3 is 0 Å². The van der Waals surface area contributed by atoms with Crippen molar-refractivity contribution in [3.63, 3.8) is 0 Å². The number of halogens is 2. The Morgan fingerprint density at radius 1 is 1.10 bits per heavy atom. The van der Waals surface area contributed by atoms with Gasteiger partial charge in [-0.05, 0) is 54.0 Å². The highest BCUT2D eigenvalue weighted by Crippen LogP contribution is 2.33. The number of nitrogens with zero attached hydrogens (tertiary/aromatic N) is 2. The zero-order chi connectivity index (χ0) is 22.2. The van der Waals surface area contributed by atoms with Crippen molar-refractivity contribution in [3.05, 3.63) is 70.9 Å². The van der Waals surface area contributed by atoms with Gasteiger partial charge in [-0.15, -0.1) is 0 Å². The van der Waals surface area contributed by atoms with Crippen molar-refractivity contribution >= 4 is 16.8 Å². The SMILES string of the molecule is CC(C)(C)CCCC(=O)N1CCc2c(n(Cc3cccc(F)c3)c3c(F)cccc23)C1. The van der Waals surface area contributed by atoms with Crippen LogP contribution in [0.4, 0.5) is 8.78 Å². The molecule has 1 aliphatic rings. The van der Waals surface area contributed by atoms with E-state index in [1.54, 1.807) is 12.1 Å². The van der Waals surface area contributed by atoms with Crippen molar-refractivity contribution in [2.75, 3.05) is 6.54 Å². The number of hydrogen-bond donors (Lipinski definition) is 0. The Hall–Kier alpha value is -2.69. The van der Waals surface area contributed by atoms with Gasteiger partial charge in [0.25, 0.3) is 0 Å². The highest BCUT2D eigenvalue weighted by Gasteiger charge is 2.28. The quantitative estimate of drug-likeness (QED) is 0.488. The van der Waals surface area contributed by atoms with E-state index >= 15 is 0 Å². The predicted molar refractivity (Wildman–Crippen MR) is 120 cm³/mol. The average Bonchev–Trinajstić information content (AvgIpc) is 3.01. The zero-order valence-corrected chi connectivity index (χ0v) is 18.5. The summed E-state index contributed by atoms with van der Waals surface area (Å²) in [6, 6.07) is 11.5. The number of para-hydroxylation sites is 1. The molecule has 31 heavy (non-hydrogen) atoms. The zero-order valence-electron chi connectivity index (χ0n) is 18.5. The summed E-state index contributed by atoms with van der Waals surface area (Å²) in [5.41, 5.74) is 3.59. The fourth-order valence-corrected chi connectivity index (χ4v) is 4.59. The molecule has 0 fully saturated rings.